The molecule has 0 aliphatic rings. The van der Waals surface area contributed by atoms with E-state index in [4.69, 9.17) is 10.1 Å². The highest BCUT2D eigenvalue weighted by molar-refractivity contribution is 5.88. The van der Waals surface area contributed by atoms with E-state index in [2.05, 4.69) is 16.0 Å². The SMILES string of the molecule is Cc1cccc(-c2nc(-c3ccc(C(=O)O)cc3)[nH]c2-c2ccncc2)c1. The molecule has 0 amide bonds. The third kappa shape index (κ3) is 3.35. The molecule has 5 nitrogen and oxygen atoms in total. The van der Waals surface area contributed by atoms with Crippen LogP contribution in [0.3, 0.4) is 0 Å². The first-order valence-corrected chi connectivity index (χ1v) is 8.53. The normalized spacial score (nSPS) is 10.7. The number of rotatable bonds is 4. The minimum Gasteiger partial charge on any atom is -0.478 e. The third-order valence-electron chi connectivity index (χ3n) is 4.37. The largest absolute Gasteiger partial charge is 0.478 e. The molecule has 0 saturated heterocycles. The Morgan fingerprint density at radius 3 is 2.33 bits per heavy atom. The highest BCUT2D eigenvalue weighted by Gasteiger charge is 2.15. The number of aromatic amines is 1. The van der Waals surface area contributed by atoms with Crippen molar-refractivity contribution in [1.29, 1.82) is 0 Å². The molecule has 5 heteroatoms. The van der Waals surface area contributed by atoms with Gasteiger partial charge in [0.25, 0.3) is 0 Å². The van der Waals surface area contributed by atoms with Gasteiger partial charge in [0.15, 0.2) is 0 Å². The van der Waals surface area contributed by atoms with E-state index in [9.17, 15) is 4.79 Å². The first-order valence-electron chi connectivity index (χ1n) is 8.53. The number of hydrogen-bond donors (Lipinski definition) is 2. The number of nitrogens with one attached hydrogen (secondary N) is 1. The molecular formula is C22H17N3O2. The van der Waals surface area contributed by atoms with Crippen molar-refractivity contribution in [1.82, 2.24) is 15.0 Å². The standard InChI is InChI=1S/C22H17N3O2/c1-14-3-2-4-18(13-14)20-19(15-9-11-23-12-10-15)24-21(25-20)16-5-7-17(8-6-16)22(26)27/h2-13H,1H3,(H,24,25)(H,26,27). The Balaban J connectivity index is 1.86. The van der Waals surface area contributed by atoms with Crippen molar-refractivity contribution in [3.05, 3.63) is 84.2 Å². The Labute approximate surface area is 156 Å². The highest BCUT2D eigenvalue weighted by atomic mass is 16.4. The molecule has 0 aliphatic heterocycles. The van der Waals surface area contributed by atoms with Gasteiger partial charge in [0.05, 0.1) is 17.0 Å². The first kappa shape index (κ1) is 16.7. The fourth-order valence-electron chi connectivity index (χ4n) is 3.01. The Morgan fingerprint density at radius 1 is 0.926 bits per heavy atom. The first-order chi connectivity index (χ1) is 13.1. The minimum absolute atomic E-state index is 0.249. The van der Waals surface area contributed by atoms with Gasteiger partial charge < -0.3 is 10.1 Å². The fraction of sp³-hybridized carbons (Fsp3) is 0.0455. The van der Waals surface area contributed by atoms with Gasteiger partial charge in [0.2, 0.25) is 0 Å². The van der Waals surface area contributed by atoms with Crippen molar-refractivity contribution in [3.63, 3.8) is 0 Å². The topological polar surface area (TPSA) is 78.9 Å². The molecule has 0 bridgehead atoms. The molecule has 27 heavy (non-hydrogen) atoms. The number of pyridine rings is 1. The van der Waals surface area contributed by atoms with Gasteiger partial charge in [-0.05, 0) is 37.3 Å². The molecule has 4 rings (SSSR count). The molecule has 0 radical (unpaired) electrons. The molecule has 2 aromatic heterocycles. The maximum atomic E-state index is 11.1. The second kappa shape index (κ2) is 6.88. The van der Waals surface area contributed by atoms with Crippen LogP contribution in [0.1, 0.15) is 15.9 Å². The lowest BCUT2D eigenvalue weighted by molar-refractivity contribution is 0.0697. The van der Waals surface area contributed by atoms with Gasteiger partial charge in [-0.1, -0.05) is 35.9 Å². The summed E-state index contributed by atoms with van der Waals surface area (Å²) in [5.74, 6) is -0.255. The summed E-state index contributed by atoms with van der Waals surface area (Å²) in [6, 6.07) is 18.7. The van der Waals surface area contributed by atoms with E-state index in [1.54, 1.807) is 36.7 Å². The predicted molar refractivity (Wildman–Crippen MR) is 104 cm³/mol. The summed E-state index contributed by atoms with van der Waals surface area (Å²) >= 11 is 0. The molecule has 2 heterocycles. The van der Waals surface area contributed by atoms with Crippen LogP contribution in [-0.4, -0.2) is 26.0 Å². The van der Waals surface area contributed by atoms with Gasteiger partial charge in [-0.3, -0.25) is 4.98 Å². The average Bonchev–Trinajstić information content (AvgIpc) is 3.14. The quantitative estimate of drug-likeness (QED) is 0.550. The highest BCUT2D eigenvalue weighted by Crippen LogP contribution is 2.33. The second-order valence-electron chi connectivity index (χ2n) is 6.30. The zero-order chi connectivity index (χ0) is 18.8. The number of benzene rings is 2. The van der Waals surface area contributed by atoms with Gasteiger partial charge in [0, 0.05) is 29.1 Å². The number of aryl methyl sites for hydroxylation is 1. The van der Waals surface area contributed by atoms with E-state index in [1.807, 2.05) is 37.3 Å². The monoisotopic (exact) mass is 355 g/mol. The maximum Gasteiger partial charge on any atom is 0.335 e. The third-order valence-corrected chi connectivity index (χ3v) is 4.37. The minimum atomic E-state index is -0.945. The number of carboxylic acids is 1. The van der Waals surface area contributed by atoms with Gasteiger partial charge in [-0.15, -0.1) is 0 Å². The summed E-state index contributed by atoms with van der Waals surface area (Å²) < 4.78 is 0. The molecule has 4 aromatic rings. The molecule has 0 aliphatic carbocycles. The van der Waals surface area contributed by atoms with Gasteiger partial charge in [0.1, 0.15) is 5.82 Å². The number of imidazole rings is 1. The zero-order valence-electron chi connectivity index (χ0n) is 14.7. The van der Waals surface area contributed by atoms with Crippen LogP contribution in [-0.2, 0) is 0 Å². The van der Waals surface area contributed by atoms with E-state index in [1.165, 1.54) is 0 Å². The summed E-state index contributed by atoms with van der Waals surface area (Å²) in [6.45, 7) is 2.05. The van der Waals surface area contributed by atoms with E-state index >= 15 is 0 Å². The molecule has 0 unspecified atom stereocenters. The molecule has 0 spiro atoms. The van der Waals surface area contributed by atoms with E-state index in [-0.39, 0.29) is 5.56 Å². The van der Waals surface area contributed by atoms with Crippen LogP contribution in [0.5, 0.6) is 0 Å². The van der Waals surface area contributed by atoms with E-state index < -0.39 is 5.97 Å². The van der Waals surface area contributed by atoms with Crippen molar-refractivity contribution in [2.45, 2.75) is 6.92 Å². The number of aromatic carboxylic acids is 1. The van der Waals surface area contributed by atoms with Gasteiger partial charge >= 0.3 is 5.97 Å². The average molecular weight is 355 g/mol. The molecule has 0 saturated carbocycles. The van der Waals surface area contributed by atoms with E-state index in [0.717, 1.165) is 33.6 Å². The summed E-state index contributed by atoms with van der Waals surface area (Å²) in [5, 5.41) is 9.09. The molecule has 2 N–H and O–H groups in total. The lowest BCUT2D eigenvalue weighted by atomic mass is 10.0. The number of carbonyl (C=O) groups is 1. The number of H-pyrrole nitrogens is 1. The zero-order valence-corrected chi connectivity index (χ0v) is 14.7. The van der Waals surface area contributed by atoms with Gasteiger partial charge in [-0.25, -0.2) is 9.78 Å². The second-order valence-corrected chi connectivity index (χ2v) is 6.30. The van der Waals surface area contributed by atoms with Crippen LogP contribution in [0.15, 0.2) is 73.1 Å². The van der Waals surface area contributed by atoms with Crippen molar-refractivity contribution in [3.8, 4) is 33.9 Å². The Morgan fingerprint density at radius 2 is 1.67 bits per heavy atom. The Kier molecular flexibility index (Phi) is 4.26. The molecule has 0 fully saturated rings. The molecule has 2 aromatic carbocycles. The van der Waals surface area contributed by atoms with Crippen LogP contribution in [0, 0.1) is 6.92 Å². The van der Waals surface area contributed by atoms with Crippen molar-refractivity contribution < 1.29 is 9.90 Å². The Hall–Kier alpha value is -3.73. The number of nitrogens with zero attached hydrogens (tertiary/aromatic N) is 2. The molecule has 132 valence electrons. The summed E-state index contributed by atoms with van der Waals surface area (Å²) in [4.78, 5) is 23.4. The van der Waals surface area contributed by atoms with Crippen LogP contribution in [0.25, 0.3) is 33.9 Å². The van der Waals surface area contributed by atoms with Crippen LogP contribution in [0.4, 0.5) is 0 Å². The maximum absolute atomic E-state index is 11.1. The molecule has 0 atom stereocenters. The smallest absolute Gasteiger partial charge is 0.335 e. The number of aromatic nitrogens is 3. The van der Waals surface area contributed by atoms with Crippen molar-refractivity contribution in [2.24, 2.45) is 0 Å². The van der Waals surface area contributed by atoms with Crippen molar-refractivity contribution >= 4 is 5.97 Å². The Bertz CT molecular complexity index is 1100. The fourth-order valence-corrected chi connectivity index (χ4v) is 3.01. The predicted octanol–water partition coefficient (Wildman–Crippen LogP) is 4.81. The van der Waals surface area contributed by atoms with Crippen LogP contribution >= 0.6 is 0 Å². The number of hydrogen-bond acceptors (Lipinski definition) is 3. The molecular weight excluding hydrogens is 338 g/mol. The van der Waals surface area contributed by atoms with Crippen LogP contribution in [0.2, 0.25) is 0 Å². The lowest BCUT2D eigenvalue weighted by Gasteiger charge is -2.03. The lowest BCUT2D eigenvalue weighted by Crippen LogP contribution is -1.95. The number of carboxylic acid groups (broad SMARTS) is 1. The summed E-state index contributed by atoms with van der Waals surface area (Å²) in [5.41, 5.74) is 5.99. The van der Waals surface area contributed by atoms with Crippen LogP contribution < -0.4 is 0 Å². The van der Waals surface area contributed by atoms with E-state index in [0.29, 0.717) is 5.82 Å². The summed E-state index contributed by atoms with van der Waals surface area (Å²) in [7, 11) is 0. The van der Waals surface area contributed by atoms with Crippen molar-refractivity contribution in [2.75, 3.05) is 0 Å². The summed E-state index contributed by atoms with van der Waals surface area (Å²) in [6.07, 6.45) is 3.50. The van der Waals surface area contributed by atoms with Gasteiger partial charge in [-0.2, -0.15) is 0 Å².